The van der Waals surface area contributed by atoms with Crippen molar-refractivity contribution >= 4 is 143 Å². The van der Waals surface area contributed by atoms with Crippen LogP contribution in [-0.2, 0) is 0 Å². The Kier molecular flexibility index (Phi) is 15.5. The number of benzene rings is 19. The van der Waals surface area contributed by atoms with Crippen molar-refractivity contribution in [2.75, 3.05) is 9.80 Å². The predicted molar refractivity (Wildman–Crippen MR) is 483 cm³/mol. The summed E-state index contributed by atoms with van der Waals surface area (Å²) in [5.74, 6) is 0. The molecule has 23 aromatic rings. The van der Waals surface area contributed by atoms with Crippen LogP contribution in [0.5, 0.6) is 0 Å². The third-order valence-corrected chi connectivity index (χ3v) is 23.5. The van der Waals surface area contributed by atoms with E-state index in [4.69, 9.17) is 17.7 Å². The van der Waals surface area contributed by atoms with Crippen LogP contribution in [0.15, 0.2) is 430 Å². The van der Waals surface area contributed by atoms with Gasteiger partial charge in [0.05, 0.1) is 11.4 Å². The van der Waals surface area contributed by atoms with Gasteiger partial charge in [0, 0.05) is 110 Å². The lowest BCUT2D eigenvalue weighted by Crippen LogP contribution is -2.11. The molecule has 0 aliphatic rings. The number of nitrogens with zero attached hydrogens (tertiary/aromatic N) is 2. The summed E-state index contributed by atoms with van der Waals surface area (Å²) >= 11 is 0. The van der Waals surface area contributed by atoms with Crippen molar-refractivity contribution in [2.24, 2.45) is 0 Å². The predicted octanol–water partition coefficient (Wildman–Crippen LogP) is 31.9. The minimum absolute atomic E-state index is 0.829. The fraction of sp³-hybridized carbons (Fsp3) is 0. The normalized spacial score (nSPS) is 11.8. The number of fused-ring (bicyclic) bond motifs is 16. The third-order valence-electron chi connectivity index (χ3n) is 23.5. The maximum atomic E-state index is 7.05. The maximum absolute atomic E-state index is 7.05. The van der Waals surface area contributed by atoms with E-state index in [9.17, 15) is 0 Å². The van der Waals surface area contributed by atoms with Crippen molar-refractivity contribution in [1.82, 2.24) is 0 Å². The van der Waals surface area contributed by atoms with E-state index in [0.717, 1.165) is 227 Å². The maximum Gasteiger partial charge on any atom is 0.143 e. The van der Waals surface area contributed by atoms with Crippen LogP contribution in [0.2, 0.25) is 0 Å². The Morgan fingerprint density at radius 3 is 1.04 bits per heavy atom. The van der Waals surface area contributed by atoms with Gasteiger partial charge in [0.15, 0.2) is 0 Å². The van der Waals surface area contributed by atoms with Gasteiger partial charge in [-0.15, -0.1) is 0 Å². The molecule has 0 fully saturated rings. The van der Waals surface area contributed by atoms with Crippen molar-refractivity contribution in [3.05, 3.63) is 413 Å². The smallest absolute Gasteiger partial charge is 0.143 e. The quantitative estimate of drug-likeness (QED) is 0.108. The van der Waals surface area contributed by atoms with Gasteiger partial charge in [-0.2, -0.15) is 0 Å². The monoisotopic (exact) mass is 1480 g/mol. The Morgan fingerprint density at radius 1 is 0.147 bits per heavy atom. The number of anilines is 6. The SMILES string of the molecule is c1ccc(-c2ccc(N(c3cccc(-c4ccc5oc6cc(-c7cccc(-c8ccc(N(c9ccc(-c%10cccc%11c%10oc%10c(-c%12ccccc%12)cccc%10%11)cc9)c9ccccc9-c9cccc%10c9oc9c%11ccccc%11ccc%109)cc8)c7)ccc6c5c4)c3)c3ccccc3-c3cccc4c3oc3c5ccccc5ccc43)cc2)cc1. The zero-order valence-electron chi connectivity index (χ0n) is 62.8. The molecular weight excluding hydrogens is 1410 g/mol. The molecular formula is C110H68N2O4. The summed E-state index contributed by atoms with van der Waals surface area (Å²) in [5, 5.41) is 13.2. The highest BCUT2D eigenvalue weighted by molar-refractivity contribution is 6.20. The van der Waals surface area contributed by atoms with E-state index in [1.165, 1.54) is 5.56 Å². The van der Waals surface area contributed by atoms with Crippen LogP contribution in [0, 0.1) is 0 Å². The molecule has 0 N–H and O–H groups in total. The van der Waals surface area contributed by atoms with E-state index in [0.29, 0.717) is 0 Å². The number of rotatable bonds is 14. The van der Waals surface area contributed by atoms with Gasteiger partial charge in [-0.1, -0.05) is 309 Å². The van der Waals surface area contributed by atoms with Gasteiger partial charge in [-0.05, 0) is 170 Å². The van der Waals surface area contributed by atoms with Gasteiger partial charge in [0.2, 0.25) is 0 Å². The van der Waals surface area contributed by atoms with Crippen LogP contribution in [0.1, 0.15) is 0 Å². The molecule has 0 saturated carbocycles. The standard InChI is InChI=1S/C110H68N2O4/c1-3-21-69(22-4-1)70-45-55-83(56-46-70)112(102-44-14-12-34-90(102)93-38-20-42-97-99-63-52-74-26-8-10-32-86(74)108(99)116-110(93)97)84-30-16-29-78(66-84)79-54-64-103-100(67-79)91-61-53-80(68-104(91)113-103)77-28-15-27-76(65-77)71-47-57-81(58-48-71)111(101-43-13-11-33-89(101)92-37-19-41-96-98-62-51-73-25-7-9-31-85(73)107(98)115-109(92)96)82-59-49-75(50-60-82)88-36-18-40-95-94-39-17-35-87(105(94)114-106(88)95)72-23-5-2-6-24-72/h1-68H. The second kappa shape index (κ2) is 27.2. The van der Waals surface area contributed by atoms with Crippen molar-refractivity contribution in [3.8, 4) is 89.0 Å². The molecule has 0 amide bonds. The molecule has 6 heteroatoms. The molecule has 4 aromatic heterocycles. The summed E-state index contributed by atoms with van der Waals surface area (Å²) < 4.78 is 27.8. The molecule has 0 unspecified atom stereocenters. The van der Waals surface area contributed by atoms with Gasteiger partial charge in [-0.25, -0.2) is 0 Å². The molecule has 23 rings (SSSR count). The Hall–Kier alpha value is -15.5. The molecule has 0 aliphatic carbocycles. The van der Waals surface area contributed by atoms with Gasteiger partial charge in [0.25, 0.3) is 0 Å². The summed E-state index contributed by atoms with van der Waals surface area (Å²) in [7, 11) is 0. The van der Waals surface area contributed by atoms with Gasteiger partial charge >= 0.3 is 0 Å². The molecule has 19 aromatic carbocycles. The lowest BCUT2D eigenvalue weighted by molar-refractivity contribution is 0.669. The molecule has 6 nitrogen and oxygen atoms in total. The first-order valence-corrected chi connectivity index (χ1v) is 39.5. The number of hydrogen-bond donors (Lipinski definition) is 0. The van der Waals surface area contributed by atoms with E-state index in [1.54, 1.807) is 0 Å². The van der Waals surface area contributed by atoms with E-state index in [-0.39, 0.29) is 0 Å². The van der Waals surface area contributed by atoms with Crippen LogP contribution in [0.25, 0.3) is 198 Å². The highest BCUT2D eigenvalue weighted by Gasteiger charge is 2.26. The second-order valence-electron chi connectivity index (χ2n) is 30.1. The van der Waals surface area contributed by atoms with E-state index < -0.39 is 0 Å². The lowest BCUT2D eigenvalue weighted by atomic mass is 9.97. The van der Waals surface area contributed by atoms with Gasteiger partial charge in [0.1, 0.15) is 44.7 Å². The highest BCUT2D eigenvalue weighted by Crippen LogP contribution is 2.50. The highest BCUT2D eigenvalue weighted by atomic mass is 16.3. The van der Waals surface area contributed by atoms with Crippen molar-refractivity contribution in [1.29, 1.82) is 0 Å². The van der Waals surface area contributed by atoms with Crippen molar-refractivity contribution in [2.45, 2.75) is 0 Å². The van der Waals surface area contributed by atoms with Gasteiger partial charge < -0.3 is 27.5 Å². The Morgan fingerprint density at radius 2 is 0.483 bits per heavy atom. The van der Waals surface area contributed by atoms with Crippen LogP contribution >= 0.6 is 0 Å². The molecule has 542 valence electrons. The van der Waals surface area contributed by atoms with E-state index in [1.807, 2.05) is 0 Å². The van der Waals surface area contributed by atoms with E-state index >= 15 is 0 Å². The summed E-state index contributed by atoms with van der Waals surface area (Å²) in [6.07, 6.45) is 0. The molecule has 0 bridgehead atoms. The number of furan rings is 4. The summed E-state index contributed by atoms with van der Waals surface area (Å²) in [4.78, 5) is 4.76. The average Bonchev–Trinajstić information content (AvgIpc) is 1.58. The van der Waals surface area contributed by atoms with Gasteiger partial charge in [-0.3, -0.25) is 0 Å². The second-order valence-corrected chi connectivity index (χ2v) is 30.1. The molecule has 4 heterocycles. The average molecular weight is 1480 g/mol. The summed E-state index contributed by atoms with van der Waals surface area (Å²) in [6, 6.07) is 148. The Labute approximate surface area is 668 Å². The first-order chi connectivity index (χ1) is 57.5. The zero-order chi connectivity index (χ0) is 76.3. The third kappa shape index (κ3) is 11.1. The first kappa shape index (κ1) is 66.3. The van der Waals surface area contributed by atoms with E-state index in [2.05, 4.69) is 422 Å². The largest absolute Gasteiger partial charge is 0.456 e. The molecule has 0 radical (unpaired) electrons. The number of hydrogen-bond acceptors (Lipinski definition) is 6. The number of para-hydroxylation sites is 6. The first-order valence-electron chi connectivity index (χ1n) is 39.5. The summed E-state index contributed by atoms with van der Waals surface area (Å²) in [6.45, 7) is 0. The van der Waals surface area contributed by atoms with Crippen LogP contribution in [0.4, 0.5) is 34.1 Å². The topological polar surface area (TPSA) is 59.0 Å². The summed E-state index contributed by atoms with van der Waals surface area (Å²) in [5.41, 5.74) is 30.3. The van der Waals surface area contributed by atoms with Crippen LogP contribution in [-0.4, -0.2) is 0 Å². The fourth-order valence-corrected chi connectivity index (χ4v) is 17.9. The van der Waals surface area contributed by atoms with Crippen molar-refractivity contribution in [3.63, 3.8) is 0 Å². The Balaban J connectivity index is 0.580. The Bertz CT molecular complexity index is 7820. The molecule has 116 heavy (non-hydrogen) atoms. The lowest BCUT2D eigenvalue weighted by Gasteiger charge is -2.28. The molecule has 0 aliphatic heterocycles. The van der Waals surface area contributed by atoms with Crippen molar-refractivity contribution < 1.29 is 17.7 Å². The van der Waals surface area contributed by atoms with Crippen LogP contribution in [0.3, 0.4) is 0 Å². The fourth-order valence-electron chi connectivity index (χ4n) is 17.9. The minimum Gasteiger partial charge on any atom is -0.456 e. The molecule has 0 atom stereocenters. The molecule has 0 saturated heterocycles. The molecule has 0 spiro atoms. The van der Waals surface area contributed by atoms with Crippen LogP contribution < -0.4 is 9.80 Å². The zero-order valence-corrected chi connectivity index (χ0v) is 62.8. The minimum atomic E-state index is 0.829.